The molecule has 0 amide bonds. The summed E-state index contributed by atoms with van der Waals surface area (Å²) in [5, 5.41) is 3.26. The molecule has 0 aliphatic carbocycles. The van der Waals surface area contributed by atoms with Crippen LogP contribution in [-0.2, 0) is 15.6 Å². The molecule has 1 N–H and O–H groups in total. The van der Waals surface area contributed by atoms with Crippen LogP contribution in [0.15, 0.2) is 24.4 Å². The molecule has 0 spiro atoms. The van der Waals surface area contributed by atoms with Crippen molar-refractivity contribution < 1.29 is 8.42 Å². The van der Waals surface area contributed by atoms with Crippen molar-refractivity contribution in [2.24, 2.45) is 0 Å². The number of nitrogens with zero attached hydrogens (tertiary/aromatic N) is 1. The second kappa shape index (κ2) is 5.60. The van der Waals surface area contributed by atoms with E-state index in [1.807, 2.05) is 6.07 Å². The number of nitrogens with one attached hydrogen (secondary N) is 1. The van der Waals surface area contributed by atoms with Crippen LogP contribution in [0.1, 0.15) is 25.0 Å². The van der Waals surface area contributed by atoms with Crippen molar-refractivity contribution in [2.75, 3.05) is 12.3 Å². The molecule has 2 rings (SSSR count). The highest BCUT2D eigenvalue weighted by molar-refractivity contribution is 7.90. The van der Waals surface area contributed by atoms with Gasteiger partial charge >= 0.3 is 0 Å². The van der Waals surface area contributed by atoms with Crippen molar-refractivity contribution in [2.45, 2.75) is 31.1 Å². The smallest absolute Gasteiger partial charge is 0.157 e. The third-order valence-electron chi connectivity index (χ3n) is 2.96. The van der Waals surface area contributed by atoms with Crippen molar-refractivity contribution in [3.63, 3.8) is 0 Å². The summed E-state index contributed by atoms with van der Waals surface area (Å²) in [6, 6.07) is 5.49. The van der Waals surface area contributed by atoms with E-state index in [1.165, 1.54) is 0 Å². The van der Waals surface area contributed by atoms with E-state index in [9.17, 15) is 8.42 Å². The number of pyridine rings is 1. The van der Waals surface area contributed by atoms with Gasteiger partial charge in [-0.3, -0.25) is 4.98 Å². The molecule has 0 saturated carbocycles. The third-order valence-corrected chi connectivity index (χ3v) is 4.61. The van der Waals surface area contributed by atoms with E-state index < -0.39 is 9.84 Å². The van der Waals surface area contributed by atoms with Crippen molar-refractivity contribution in [3.8, 4) is 0 Å². The molecule has 94 valence electrons. The first-order chi connectivity index (χ1) is 8.16. The van der Waals surface area contributed by atoms with Gasteiger partial charge in [0.1, 0.15) is 0 Å². The van der Waals surface area contributed by atoms with Crippen LogP contribution in [0.5, 0.6) is 0 Å². The molecular weight excluding hydrogens is 236 g/mol. The lowest BCUT2D eigenvalue weighted by atomic mass is 10.1. The first-order valence-electron chi connectivity index (χ1n) is 5.99. The number of aromatic nitrogens is 1. The molecular formula is C12H18N2O2S. The molecule has 0 aromatic carbocycles. The number of rotatable bonds is 4. The molecule has 4 nitrogen and oxygen atoms in total. The fourth-order valence-electron chi connectivity index (χ4n) is 2.14. The van der Waals surface area contributed by atoms with Gasteiger partial charge in [-0.2, -0.15) is 0 Å². The Kier molecular flexibility index (Phi) is 4.12. The van der Waals surface area contributed by atoms with E-state index >= 15 is 0 Å². The predicted octanol–water partition coefficient (Wildman–Crippen LogP) is 1.14. The molecule has 1 aromatic rings. The molecule has 0 bridgehead atoms. The van der Waals surface area contributed by atoms with Crippen LogP contribution in [0, 0.1) is 0 Å². The summed E-state index contributed by atoms with van der Waals surface area (Å²) in [6.45, 7) is 0.934. The van der Waals surface area contributed by atoms with Gasteiger partial charge in [0.2, 0.25) is 0 Å². The molecule has 0 radical (unpaired) electrons. The number of hydrogen-bond donors (Lipinski definition) is 1. The van der Waals surface area contributed by atoms with Gasteiger partial charge in [-0.1, -0.05) is 12.5 Å². The van der Waals surface area contributed by atoms with Crippen LogP contribution in [0.4, 0.5) is 0 Å². The van der Waals surface area contributed by atoms with E-state index in [-0.39, 0.29) is 17.5 Å². The van der Waals surface area contributed by atoms with Gasteiger partial charge in [0.05, 0.1) is 17.2 Å². The van der Waals surface area contributed by atoms with E-state index in [1.54, 1.807) is 18.3 Å². The lowest BCUT2D eigenvalue weighted by Gasteiger charge is -2.23. The maximum absolute atomic E-state index is 12.0. The third kappa shape index (κ3) is 4.09. The summed E-state index contributed by atoms with van der Waals surface area (Å²) >= 11 is 0. The Hall–Kier alpha value is -0.940. The predicted molar refractivity (Wildman–Crippen MR) is 67.4 cm³/mol. The Balaban J connectivity index is 1.94. The normalized spacial score (nSPS) is 21.3. The summed E-state index contributed by atoms with van der Waals surface area (Å²) in [5.74, 6) is 0.273. The van der Waals surface area contributed by atoms with E-state index in [4.69, 9.17) is 0 Å². The molecule has 1 fully saturated rings. The SMILES string of the molecule is O=S(=O)(Cc1ccccn1)C[C@@H]1CCCCN1. The average Bonchev–Trinajstić information content (AvgIpc) is 2.30. The zero-order valence-corrected chi connectivity index (χ0v) is 10.6. The zero-order valence-electron chi connectivity index (χ0n) is 9.80. The Morgan fingerprint density at radius 3 is 2.88 bits per heavy atom. The van der Waals surface area contributed by atoms with Crippen LogP contribution in [0.2, 0.25) is 0 Å². The van der Waals surface area contributed by atoms with Crippen molar-refractivity contribution in [3.05, 3.63) is 30.1 Å². The molecule has 1 aliphatic heterocycles. The minimum atomic E-state index is -3.06. The Bertz CT molecular complexity index is 439. The van der Waals surface area contributed by atoms with Gasteiger partial charge < -0.3 is 5.32 Å². The molecule has 17 heavy (non-hydrogen) atoms. The summed E-state index contributed by atoms with van der Waals surface area (Å²) < 4.78 is 24.0. The van der Waals surface area contributed by atoms with Gasteiger partial charge in [-0.05, 0) is 31.5 Å². The molecule has 1 aliphatic rings. The van der Waals surface area contributed by atoms with Crippen LogP contribution in [0.25, 0.3) is 0 Å². The lowest BCUT2D eigenvalue weighted by molar-refractivity contribution is 0.423. The average molecular weight is 254 g/mol. The molecule has 0 unspecified atom stereocenters. The van der Waals surface area contributed by atoms with Crippen LogP contribution >= 0.6 is 0 Å². The van der Waals surface area contributed by atoms with Gasteiger partial charge in [0, 0.05) is 12.2 Å². The van der Waals surface area contributed by atoms with E-state index in [0.29, 0.717) is 5.69 Å². The first kappa shape index (κ1) is 12.5. The topological polar surface area (TPSA) is 59.1 Å². The van der Waals surface area contributed by atoms with Crippen molar-refractivity contribution in [1.29, 1.82) is 0 Å². The van der Waals surface area contributed by atoms with Gasteiger partial charge in [-0.15, -0.1) is 0 Å². The molecule has 1 atom stereocenters. The highest BCUT2D eigenvalue weighted by atomic mass is 32.2. The van der Waals surface area contributed by atoms with Gasteiger partial charge in [0.25, 0.3) is 0 Å². The summed E-state index contributed by atoms with van der Waals surface area (Å²) in [4.78, 5) is 4.06. The minimum absolute atomic E-state index is 0.0476. The maximum atomic E-state index is 12.0. The van der Waals surface area contributed by atoms with Gasteiger partial charge in [-0.25, -0.2) is 8.42 Å². The highest BCUT2D eigenvalue weighted by Crippen LogP contribution is 2.11. The van der Waals surface area contributed by atoms with Gasteiger partial charge in [0.15, 0.2) is 9.84 Å². The Labute approximate surface area is 102 Å². The number of piperidine rings is 1. The minimum Gasteiger partial charge on any atom is -0.313 e. The second-order valence-electron chi connectivity index (χ2n) is 4.52. The Morgan fingerprint density at radius 2 is 2.24 bits per heavy atom. The van der Waals surface area contributed by atoms with Crippen LogP contribution < -0.4 is 5.32 Å². The monoisotopic (exact) mass is 254 g/mol. The largest absolute Gasteiger partial charge is 0.313 e. The molecule has 1 aromatic heterocycles. The number of hydrogen-bond acceptors (Lipinski definition) is 4. The molecule has 2 heterocycles. The quantitative estimate of drug-likeness (QED) is 0.875. The number of sulfone groups is 1. The lowest BCUT2D eigenvalue weighted by Crippen LogP contribution is -2.39. The van der Waals surface area contributed by atoms with E-state index in [2.05, 4.69) is 10.3 Å². The summed E-state index contributed by atoms with van der Waals surface area (Å²) in [7, 11) is -3.06. The second-order valence-corrected chi connectivity index (χ2v) is 6.63. The fraction of sp³-hybridized carbons (Fsp3) is 0.583. The summed E-state index contributed by atoms with van der Waals surface area (Å²) in [5.41, 5.74) is 0.628. The molecule has 1 saturated heterocycles. The van der Waals surface area contributed by atoms with Crippen molar-refractivity contribution >= 4 is 9.84 Å². The van der Waals surface area contributed by atoms with E-state index in [0.717, 1.165) is 25.8 Å². The zero-order chi connectivity index (χ0) is 12.1. The Morgan fingerprint density at radius 1 is 1.35 bits per heavy atom. The maximum Gasteiger partial charge on any atom is 0.157 e. The fourth-order valence-corrected chi connectivity index (χ4v) is 3.78. The first-order valence-corrected chi connectivity index (χ1v) is 7.81. The standard InChI is InChI=1S/C12H18N2O2S/c15-17(16,9-11-5-1-3-7-13-11)10-12-6-2-4-8-14-12/h1,3,5,7,12,14H,2,4,6,8-10H2/t12-/m0/s1. The van der Waals surface area contributed by atoms with Crippen molar-refractivity contribution in [1.82, 2.24) is 10.3 Å². The molecule has 5 heteroatoms. The van der Waals surface area contributed by atoms with Crippen LogP contribution in [-0.4, -0.2) is 31.7 Å². The highest BCUT2D eigenvalue weighted by Gasteiger charge is 2.21. The van der Waals surface area contributed by atoms with Crippen LogP contribution in [0.3, 0.4) is 0 Å². The summed E-state index contributed by atoms with van der Waals surface area (Å²) in [6.07, 6.45) is 4.86.